The van der Waals surface area contributed by atoms with Crippen molar-refractivity contribution in [1.82, 2.24) is 15.5 Å². The lowest BCUT2D eigenvalue weighted by molar-refractivity contribution is 0.403. The zero-order valence-electron chi connectivity index (χ0n) is 11.0. The minimum atomic E-state index is 0. The summed E-state index contributed by atoms with van der Waals surface area (Å²) in [6.07, 6.45) is 0.735. The molecule has 5 nitrogen and oxygen atoms in total. The SMILES string of the molecule is CNC(C)Cc1noc(-c2oc(C)cc2C)n1.Cl. The van der Waals surface area contributed by atoms with Gasteiger partial charge in [0.05, 0.1) is 0 Å². The highest BCUT2D eigenvalue weighted by molar-refractivity contribution is 5.85. The second-order valence-corrected chi connectivity index (χ2v) is 4.28. The molecule has 0 aliphatic carbocycles. The van der Waals surface area contributed by atoms with Gasteiger partial charge in [0.1, 0.15) is 5.76 Å². The van der Waals surface area contributed by atoms with E-state index in [2.05, 4.69) is 22.4 Å². The molecule has 18 heavy (non-hydrogen) atoms. The van der Waals surface area contributed by atoms with Crippen molar-refractivity contribution in [3.05, 3.63) is 23.2 Å². The molecule has 6 heteroatoms. The third-order valence-electron chi connectivity index (χ3n) is 2.68. The Labute approximate surface area is 112 Å². The van der Waals surface area contributed by atoms with Crippen molar-refractivity contribution < 1.29 is 8.94 Å². The minimum absolute atomic E-state index is 0. The van der Waals surface area contributed by atoms with Crippen LogP contribution in [0.5, 0.6) is 0 Å². The Kier molecular flexibility index (Phi) is 4.93. The van der Waals surface area contributed by atoms with Crippen LogP contribution >= 0.6 is 12.4 Å². The molecule has 1 atom stereocenters. The fourth-order valence-electron chi connectivity index (χ4n) is 1.66. The fourth-order valence-corrected chi connectivity index (χ4v) is 1.66. The average molecular weight is 272 g/mol. The van der Waals surface area contributed by atoms with Gasteiger partial charge < -0.3 is 14.3 Å². The van der Waals surface area contributed by atoms with Crippen LogP contribution in [0.3, 0.4) is 0 Å². The van der Waals surface area contributed by atoms with E-state index in [-0.39, 0.29) is 12.4 Å². The number of rotatable bonds is 4. The number of hydrogen-bond acceptors (Lipinski definition) is 5. The second kappa shape index (κ2) is 6.02. The first-order chi connectivity index (χ1) is 8.10. The van der Waals surface area contributed by atoms with E-state index in [1.165, 1.54) is 0 Å². The molecule has 100 valence electrons. The molecule has 0 aromatic carbocycles. The molecule has 0 amide bonds. The first-order valence-electron chi connectivity index (χ1n) is 5.67. The predicted octanol–water partition coefficient (Wildman–Crippen LogP) is 2.52. The van der Waals surface area contributed by atoms with Crippen LogP contribution < -0.4 is 5.32 Å². The van der Waals surface area contributed by atoms with Gasteiger partial charge in [0.25, 0.3) is 5.89 Å². The van der Waals surface area contributed by atoms with Crippen LogP contribution in [0.15, 0.2) is 15.0 Å². The molecule has 0 aliphatic rings. The topological polar surface area (TPSA) is 64.1 Å². The maximum Gasteiger partial charge on any atom is 0.293 e. The molecule has 0 spiro atoms. The van der Waals surface area contributed by atoms with Gasteiger partial charge in [0, 0.05) is 18.0 Å². The van der Waals surface area contributed by atoms with Gasteiger partial charge in [0.15, 0.2) is 11.6 Å². The van der Waals surface area contributed by atoms with Gasteiger partial charge in [-0.3, -0.25) is 0 Å². The van der Waals surface area contributed by atoms with Crippen LogP contribution in [-0.4, -0.2) is 23.2 Å². The molecule has 2 aromatic rings. The molecule has 0 radical (unpaired) electrons. The third-order valence-corrected chi connectivity index (χ3v) is 2.68. The Morgan fingerprint density at radius 2 is 2.11 bits per heavy atom. The first-order valence-corrected chi connectivity index (χ1v) is 5.67. The molecule has 0 bridgehead atoms. The summed E-state index contributed by atoms with van der Waals surface area (Å²) < 4.78 is 10.7. The monoisotopic (exact) mass is 271 g/mol. The van der Waals surface area contributed by atoms with E-state index in [1.807, 2.05) is 27.0 Å². The van der Waals surface area contributed by atoms with Gasteiger partial charge in [0.2, 0.25) is 0 Å². The van der Waals surface area contributed by atoms with Crippen LogP contribution in [0.25, 0.3) is 11.7 Å². The number of furan rings is 1. The molecule has 1 unspecified atom stereocenters. The van der Waals surface area contributed by atoms with Crippen LogP contribution in [0, 0.1) is 13.8 Å². The lowest BCUT2D eigenvalue weighted by Crippen LogP contribution is -2.24. The van der Waals surface area contributed by atoms with Crippen LogP contribution in [-0.2, 0) is 6.42 Å². The van der Waals surface area contributed by atoms with Crippen molar-refractivity contribution in [2.45, 2.75) is 33.2 Å². The lowest BCUT2D eigenvalue weighted by Gasteiger charge is -2.04. The summed E-state index contributed by atoms with van der Waals surface area (Å²) in [7, 11) is 1.91. The Morgan fingerprint density at radius 1 is 1.39 bits per heavy atom. The van der Waals surface area contributed by atoms with Gasteiger partial charge in [-0.05, 0) is 33.9 Å². The van der Waals surface area contributed by atoms with Gasteiger partial charge in [-0.15, -0.1) is 12.4 Å². The van der Waals surface area contributed by atoms with Crippen molar-refractivity contribution in [2.24, 2.45) is 0 Å². The highest BCUT2D eigenvalue weighted by Gasteiger charge is 2.16. The number of nitrogens with one attached hydrogen (secondary N) is 1. The van der Waals surface area contributed by atoms with E-state index in [1.54, 1.807) is 0 Å². The Morgan fingerprint density at radius 3 is 2.67 bits per heavy atom. The van der Waals surface area contributed by atoms with Crippen LogP contribution in [0.1, 0.15) is 24.1 Å². The van der Waals surface area contributed by atoms with Crippen molar-refractivity contribution in [1.29, 1.82) is 0 Å². The lowest BCUT2D eigenvalue weighted by atomic mass is 10.2. The van der Waals surface area contributed by atoms with E-state index in [0.29, 0.717) is 23.5 Å². The Hall–Kier alpha value is -1.33. The standard InChI is InChI=1S/C12H17N3O2.ClH/c1-7-5-9(3)16-11(7)12-14-10(15-17-12)6-8(2)13-4;/h5,8,13H,6H2,1-4H3;1H. The molecule has 2 heterocycles. The van der Waals surface area contributed by atoms with Crippen LogP contribution in [0.2, 0.25) is 0 Å². The molecule has 1 N–H and O–H groups in total. The normalized spacial score (nSPS) is 12.2. The molecule has 0 fully saturated rings. The number of nitrogens with zero attached hydrogens (tertiary/aromatic N) is 2. The summed E-state index contributed by atoms with van der Waals surface area (Å²) in [4.78, 5) is 4.33. The quantitative estimate of drug-likeness (QED) is 0.926. The Balaban J connectivity index is 0.00000162. The van der Waals surface area contributed by atoms with Crippen molar-refractivity contribution >= 4 is 12.4 Å². The van der Waals surface area contributed by atoms with Gasteiger partial charge in [-0.1, -0.05) is 5.16 Å². The number of hydrogen-bond donors (Lipinski definition) is 1. The third kappa shape index (κ3) is 3.11. The molecule has 0 aliphatic heterocycles. The Bertz CT molecular complexity index is 507. The van der Waals surface area contributed by atoms with E-state index >= 15 is 0 Å². The molecule has 2 rings (SSSR count). The molecule has 0 saturated heterocycles. The molecular weight excluding hydrogens is 254 g/mol. The molecule has 2 aromatic heterocycles. The highest BCUT2D eigenvalue weighted by Crippen LogP contribution is 2.24. The number of halogens is 1. The summed E-state index contributed by atoms with van der Waals surface area (Å²) in [5.41, 5.74) is 1.01. The number of aromatic nitrogens is 2. The number of likely N-dealkylation sites (N-methyl/N-ethyl adjacent to an activating group) is 1. The smallest absolute Gasteiger partial charge is 0.293 e. The summed E-state index contributed by atoms with van der Waals surface area (Å²) >= 11 is 0. The van der Waals surface area contributed by atoms with Crippen molar-refractivity contribution in [2.75, 3.05) is 7.05 Å². The predicted molar refractivity (Wildman–Crippen MR) is 70.9 cm³/mol. The largest absolute Gasteiger partial charge is 0.456 e. The van der Waals surface area contributed by atoms with Gasteiger partial charge in [-0.2, -0.15) is 4.98 Å². The van der Waals surface area contributed by atoms with E-state index in [9.17, 15) is 0 Å². The summed E-state index contributed by atoms with van der Waals surface area (Å²) in [5.74, 6) is 2.66. The first kappa shape index (κ1) is 14.7. The zero-order chi connectivity index (χ0) is 12.4. The van der Waals surface area contributed by atoms with Crippen molar-refractivity contribution in [3.8, 4) is 11.7 Å². The summed E-state index contributed by atoms with van der Waals surface area (Å²) in [5, 5.41) is 7.08. The minimum Gasteiger partial charge on any atom is -0.456 e. The fraction of sp³-hybridized carbons (Fsp3) is 0.500. The number of aryl methyl sites for hydroxylation is 2. The van der Waals surface area contributed by atoms with Gasteiger partial charge >= 0.3 is 0 Å². The van der Waals surface area contributed by atoms with Crippen molar-refractivity contribution in [3.63, 3.8) is 0 Å². The average Bonchev–Trinajstić information content (AvgIpc) is 2.85. The maximum atomic E-state index is 5.53. The summed E-state index contributed by atoms with van der Waals surface area (Å²) in [6.45, 7) is 5.93. The molecule has 0 saturated carbocycles. The highest BCUT2D eigenvalue weighted by atomic mass is 35.5. The zero-order valence-corrected chi connectivity index (χ0v) is 11.8. The maximum absolute atomic E-state index is 5.53. The van der Waals surface area contributed by atoms with Crippen LogP contribution in [0.4, 0.5) is 0 Å². The van der Waals surface area contributed by atoms with Gasteiger partial charge in [-0.25, -0.2) is 0 Å². The van der Waals surface area contributed by atoms with E-state index in [0.717, 1.165) is 17.7 Å². The molecular formula is C12H18ClN3O2. The van der Waals surface area contributed by atoms with E-state index < -0.39 is 0 Å². The van der Waals surface area contributed by atoms with E-state index in [4.69, 9.17) is 8.94 Å². The summed E-state index contributed by atoms with van der Waals surface area (Å²) in [6, 6.07) is 2.27. The second-order valence-electron chi connectivity index (χ2n) is 4.28.